The highest BCUT2D eigenvalue weighted by Crippen LogP contribution is 1.94. The minimum absolute atomic E-state index is 0.679. The van der Waals surface area contributed by atoms with Gasteiger partial charge in [-0.2, -0.15) is 0 Å². The normalized spacial score (nSPS) is 11.5. The highest BCUT2D eigenvalue weighted by atomic mass is 15.2. The topological polar surface area (TPSA) is 15.3 Å². The molecule has 0 aromatic heterocycles. The Balaban J connectivity index is 3.36. The minimum atomic E-state index is 0.679. The highest BCUT2D eigenvalue weighted by molar-refractivity contribution is 4.61. The van der Waals surface area contributed by atoms with Crippen molar-refractivity contribution in [3.8, 4) is 0 Å². The van der Waals surface area contributed by atoms with Gasteiger partial charge in [-0.15, -0.1) is 0 Å². The molecule has 0 aliphatic heterocycles. The molecule has 0 aliphatic rings. The lowest BCUT2D eigenvalue weighted by atomic mass is 10.3. The Morgan fingerprint density at radius 3 is 2.27 bits per heavy atom. The molecule has 0 aliphatic carbocycles. The molecule has 0 atom stereocenters. The van der Waals surface area contributed by atoms with Crippen LogP contribution < -0.4 is 5.32 Å². The van der Waals surface area contributed by atoms with E-state index in [2.05, 4.69) is 37.9 Å². The van der Waals surface area contributed by atoms with Gasteiger partial charge in [-0.05, 0) is 26.9 Å². The summed E-state index contributed by atoms with van der Waals surface area (Å²) in [5.41, 5.74) is 0. The van der Waals surface area contributed by atoms with Crippen molar-refractivity contribution in [2.24, 2.45) is 0 Å². The van der Waals surface area contributed by atoms with E-state index in [9.17, 15) is 0 Å². The Labute approximate surface area is 71.0 Å². The minimum Gasteiger partial charge on any atom is -0.316 e. The van der Waals surface area contributed by atoms with Gasteiger partial charge in [0.2, 0.25) is 0 Å². The van der Waals surface area contributed by atoms with Crippen molar-refractivity contribution in [2.45, 2.75) is 33.7 Å². The monoisotopic (exact) mass is 158 g/mol. The van der Waals surface area contributed by atoms with Crippen LogP contribution in [0.15, 0.2) is 0 Å². The van der Waals surface area contributed by atoms with Crippen molar-refractivity contribution in [3.05, 3.63) is 0 Å². The van der Waals surface area contributed by atoms with E-state index in [1.807, 2.05) is 0 Å². The lowest BCUT2D eigenvalue weighted by molar-refractivity contribution is 0.234. The van der Waals surface area contributed by atoms with Gasteiger partial charge in [0.15, 0.2) is 0 Å². The van der Waals surface area contributed by atoms with Crippen LogP contribution in [-0.4, -0.2) is 37.1 Å². The number of nitrogens with zero attached hydrogens (tertiary/aromatic N) is 1. The Bertz CT molecular complexity index is 81.6. The number of likely N-dealkylation sites (N-methyl/N-ethyl adjacent to an activating group) is 2. The molecule has 11 heavy (non-hydrogen) atoms. The van der Waals surface area contributed by atoms with Gasteiger partial charge in [0.1, 0.15) is 0 Å². The van der Waals surface area contributed by atoms with E-state index in [-0.39, 0.29) is 0 Å². The molecule has 0 amide bonds. The van der Waals surface area contributed by atoms with Gasteiger partial charge in [-0.25, -0.2) is 0 Å². The first kappa shape index (κ1) is 10.9. The Morgan fingerprint density at radius 1 is 1.27 bits per heavy atom. The summed E-state index contributed by atoms with van der Waals surface area (Å²) in [4.78, 5) is 2.46. The maximum Gasteiger partial charge on any atom is 0.0109 e. The van der Waals surface area contributed by atoms with Crippen LogP contribution in [0.25, 0.3) is 0 Å². The number of hydrogen-bond donors (Lipinski definition) is 1. The first-order valence-electron chi connectivity index (χ1n) is 4.67. The smallest absolute Gasteiger partial charge is 0.0109 e. The molecule has 1 N–H and O–H groups in total. The standard InChI is InChI=1S/C9H22N2/c1-5-10-7-8-11(6-2)9(3)4/h9-10H,5-8H2,1-4H3. The zero-order chi connectivity index (χ0) is 8.69. The quantitative estimate of drug-likeness (QED) is 0.587. The summed E-state index contributed by atoms with van der Waals surface area (Å²) in [5.74, 6) is 0. The van der Waals surface area contributed by atoms with Crippen LogP contribution in [0.5, 0.6) is 0 Å². The van der Waals surface area contributed by atoms with Gasteiger partial charge in [0.05, 0.1) is 0 Å². The Hall–Kier alpha value is -0.0800. The highest BCUT2D eigenvalue weighted by Gasteiger charge is 2.04. The molecule has 0 aromatic rings. The molecule has 0 radical (unpaired) electrons. The van der Waals surface area contributed by atoms with Gasteiger partial charge < -0.3 is 5.32 Å². The largest absolute Gasteiger partial charge is 0.316 e. The Kier molecular flexibility index (Phi) is 6.57. The second kappa shape index (κ2) is 6.62. The van der Waals surface area contributed by atoms with Gasteiger partial charge in [-0.3, -0.25) is 4.90 Å². The second-order valence-corrected chi connectivity index (χ2v) is 3.08. The molecule has 0 rings (SSSR count). The van der Waals surface area contributed by atoms with Crippen LogP contribution in [0.4, 0.5) is 0 Å². The molecule has 68 valence electrons. The average molecular weight is 158 g/mol. The van der Waals surface area contributed by atoms with Crippen molar-refractivity contribution in [3.63, 3.8) is 0 Å². The molecule has 0 bridgehead atoms. The molecule has 2 nitrogen and oxygen atoms in total. The van der Waals surface area contributed by atoms with E-state index in [1.54, 1.807) is 0 Å². The third-order valence-corrected chi connectivity index (χ3v) is 1.96. The number of rotatable bonds is 6. The van der Waals surface area contributed by atoms with Gasteiger partial charge in [0.25, 0.3) is 0 Å². The van der Waals surface area contributed by atoms with E-state index in [0.29, 0.717) is 6.04 Å². The molecule has 0 unspecified atom stereocenters. The van der Waals surface area contributed by atoms with Gasteiger partial charge >= 0.3 is 0 Å². The molecule has 0 aromatic carbocycles. The fraction of sp³-hybridized carbons (Fsp3) is 1.00. The molecule has 0 saturated heterocycles. The lowest BCUT2D eigenvalue weighted by Gasteiger charge is -2.24. The zero-order valence-electron chi connectivity index (χ0n) is 8.35. The molecular weight excluding hydrogens is 136 g/mol. The fourth-order valence-electron chi connectivity index (χ4n) is 1.18. The summed E-state index contributed by atoms with van der Waals surface area (Å²) in [6.07, 6.45) is 0. The summed E-state index contributed by atoms with van der Waals surface area (Å²) >= 11 is 0. The van der Waals surface area contributed by atoms with Crippen molar-refractivity contribution in [2.75, 3.05) is 26.2 Å². The van der Waals surface area contributed by atoms with E-state index < -0.39 is 0 Å². The zero-order valence-corrected chi connectivity index (χ0v) is 8.35. The van der Waals surface area contributed by atoms with Crippen molar-refractivity contribution in [1.29, 1.82) is 0 Å². The molecule has 0 saturated carbocycles. The molecule has 0 fully saturated rings. The maximum atomic E-state index is 3.33. The number of hydrogen-bond acceptors (Lipinski definition) is 2. The first-order valence-corrected chi connectivity index (χ1v) is 4.67. The summed E-state index contributed by atoms with van der Waals surface area (Å²) in [7, 11) is 0. The van der Waals surface area contributed by atoms with E-state index >= 15 is 0 Å². The van der Waals surface area contributed by atoms with Gasteiger partial charge in [-0.1, -0.05) is 13.8 Å². The van der Waals surface area contributed by atoms with Crippen LogP contribution in [0.1, 0.15) is 27.7 Å². The van der Waals surface area contributed by atoms with Crippen molar-refractivity contribution in [1.82, 2.24) is 10.2 Å². The lowest BCUT2D eigenvalue weighted by Crippen LogP contribution is -2.36. The van der Waals surface area contributed by atoms with Crippen LogP contribution in [-0.2, 0) is 0 Å². The van der Waals surface area contributed by atoms with Crippen LogP contribution >= 0.6 is 0 Å². The van der Waals surface area contributed by atoms with E-state index in [4.69, 9.17) is 0 Å². The summed E-state index contributed by atoms with van der Waals surface area (Å²) in [5, 5.41) is 3.33. The van der Waals surface area contributed by atoms with Crippen molar-refractivity contribution < 1.29 is 0 Å². The molecule has 2 heteroatoms. The maximum absolute atomic E-state index is 3.33. The third-order valence-electron chi connectivity index (χ3n) is 1.96. The molecule has 0 heterocycles. The predicted molar refractivity (Wildman–Crippen MR) is 50.9 cm³/mol. The third kappa shape index (κ3) is 5.22. The van der Waals surface area contributed by atoms with Crippen LogP contribution in [0, 0.1) is 0 Å². The van der Waals surface area contributed by atoms with Crippen LogP contribution in [0.3, 0.4) is 0 Å². The number of nitrogens with one attached hydrogen (secondary N) is 1. The summed E-state index contributed by atoms with van der Waals surface area (Å²) < 4.78 is 0. The molecule has 0 spiro atoms. The van der Waals surface area contributed by atoms with E-state index in [1.165, 1.54) is 6.54 Å². The second-order valence-electron chi connectivity index (χ2n) is 3.08. The summed E-state index contributed by atoms with van der Waals surface area (Å²) in [6, 6.07) is 0.679. The van der Waals surface area contributed by atoms with Crippen molar-refractivity contribution >= 4 is 0 Å². The first-order chi connectivity index (χ1) is 5.22. The fourth-order valence-corrected chi connectivity index (χ4v) is 1.18. The molecular formula is C9H22N2. The van der Waals surface area contributed by atoms with E-state index in [0.717, 1.165) is 19.6 Å². The average Bonchev–Trinajstić information content (AvgIpc) is 1.97. The Morgan fingerprint density at radius 2 is 1.91 bits per heavy atom. The predicted octanol–water partition coefficient (Wildman–Crippen LogP) is 1.33. The summed E-state index contributed by atoms with van der Waals surface area (Å²) in [6.45, 7) is 13.4. The SMILES string of the molecule is CCNCCN(CC)C(C)C. The van der Waals surface area contributed by atoms with Gasteiger partial charge in [0, 0.05) is 19.1 Å². The van der Waals surface area contributed by atoms with Crippen LogP contribution in [0.2, 0.25) is 0 Å².